The third kappa shape index (κ3) is 6.33. The van der Waals surface area contributed by atoms with E-state index in [1.54, 1.807) is 14.2 Å². The standard InChI is InChI=1S/C12H28N2O3/c1-10(2)12(13)11(9-15)14(5-7-16-3)6-8-17-4/h10-12,15H,5-9,13H2,1-4H3. The Bertz CT molecular complexity index is 171. The van der Waals surface area contributed by atoms with Crippen LogP contribution in [0.2, 0.25) is 0 Å². The molecule has 0 aromatic rings. The highest BCUT2D eigenvalue weighted by atomic mass is 16.5. The molecule has 0 aliphatic rings. The molecule has 0 radical (unpaired) electrons. The first-order valence-electron chi connectivity index (χ1n) is 6.16. The minimum absolute atomic E-state index is 0.0414. The maximum absolute atomic E-state index is 9.51. The smallest absolute Gasteiger partial charge is 0.0602 e. The molecule has 0 fully saturated rings. The van der Waals surface area contributed by atoms with E-state index in [0.29, 0.717) is 19.1 Å². The molecule has 3 N–H and O–H groups in total. The molecule has 0 aliphatic carbocycles. The van der Waals surface area contributed by atoms with Crippen LogP contribution in [0, 0.1) is 5.92 Å². The van der Waals surface area contributed by atoms with Crippen LogP contribution in [0.5, 0.6) is 0 Å². The summed E-state index contributed by atoms with van der Waals surface area (Å²) in [6.45, 7) is 6.97. The van der Waals surface area contributed by atoms with Crippen LogP contribution in [0.15, 0.2) is 0 Å². The lowest BCUT2D eigenvalue weighted by Crippen LogP contribution is -2.54. The van der Waals surface area contributed by atoms with Crippen LogP contribution in [-0.4, -0.2) is 69.2 Å². The third-order valence-corrected chi connectivity index (χ3v) is 3.04. The van der Waals surface area contributed by atoms with E-state index in [0.717, 1.165) is 13.1 Å². The lowest BCUT2D eigenvalue weighted by molar-refractivity contribution is 0.0456. The molecule has 2 atom stereocenters. The van der Waals surface area contributed by atoms with Gasteiger partial charge in [0.2, 0.25) is 0 Å². The number of ether oxygens (including phenoxy) is 2. The van der Waals surface area contributed by atoms with Gasteiger partial charge in [0, 0.05) is 39.4 Å². The lowest BCUT2D eigenvalue weighted by Gasteiger charge is -2.35. The summed E-state index contributed by atoms with van der Waals surface area (Å²) in [5.74, 6) is 0.333. The summed E-state index contributed by atoms with van der Waals surface area (Å²) in [4.78, 5) is 2.14. The Labute approximate surface area is 105 Å². The van der Waals surface area contributed by atoms with Crippen LogP contribution in [0.4, 0.5) is 0 Å². The van der Waals surface area contributed by atoms with Crippen molar-refractivity contribution in [1.82, 2.24) is 4.90 Å². The number of rotatable bonds is 10. The molecule has 0 aliphatic heterocycles. The number of hydrogen-bond acceptors (Lipinski definition) is 5. The first-order valence-corrected chi connectivity index (χ1v) is 6.16. The molecule has 0 spiro atoms. The molecule has 0 aromatic heterocycles. The van der Waals surface area contributed by atoms with Gasteiger partial charge < -0.3 is 20.3 Å². The van der Waals surface area contributed by atoms with Crippen molar-refractivity contribution in [3.05, 3.63) is 0 Å². The van der Waals surface area contributed by atoms with Crippen molar-refractivity contribution in [3.8, 4) is 0 Å². The average molecular weight is 248 g/mol. The van der Waals surface area contributed by atoms with E-state index < -0.39 is 0 Å². The summed E-state index contributed by atoms with van der Waals surface area (Å²) in [5.41, 5.74) is 6.13. The van der Waals surface area contributed by atoms with Crippen molar-refractivity contribution in [2.75, 3.05) is 47.1 Å². The number of aliphatic hydroxyl groups is 1. The van der Waals surface area contributed by atoms with E-state index in [-0.39, 0.29) is 18.7 Å². The Morgan fingerprint density at radius 2 is 1.59 bits per heavy atom. The summed E-state index contributed by atoms with van der Waals surface area (Å²) >= 11 is 0. The Morgan fingerprint density at radius 1 is 1.12 bits per heavy atom. The van der Waals surface area contributed by atoms with Crippen LogP contribution in [-0.2, 0) is 9.47 Å². The minimum atomic E-state index is -0.0475. The van der Waals surface area contributed by atoms with Crippen LogP contribution >= 0.6 is 0 Å². The number of nitrogens with zero attached hydrogens (tertiary/aromatic N) is 1. The average Bonchev–Trinajstić information content (AvgIpc) is 2.32. The fourth-order valence-electron chi connectivity index (χ4n) is 1.79. The zero-order valence-corrected chi connectivity index (χ0v) is 11.6. The van der Waals surface area contributed by atoms with Gasteiger partial charge in [-0.1, -0.05) is 13.8 Å². The molecule has 17 heavy (non-hydrogen) atoms. The molecule has 0 bridgehead atoms. The quantitative estimate of drug-likeness (QED) is 0.566. The van der Waals surface area contributed by atoms with Gasteiger partial charge in [-0.05, 0) is 5.92 Å². The summed E-state index contributed by atoms with van der Waals surface area (Å²) in [5, 5.41) is 9.51. The van der Waals surface area contributed by atoms with E-state index in [9.17, 15) is 5.11 Å². The predicted molar refractivity (Wildman–Crippen MR) is 69.0 cm³/mol. The van der Waals surface area contributed by atoms with Gasteiger partial charge in [0.1, 0.15) is 0 Å². The Kier molecular flexibility index (Phi) is 9.68. The Balaban J connectivity index is 4.46. The van der Waals surface area contributed by atoms with Gasteiger partial charge >= 0.3 is 0 Å². The molecule has 5 nitrogen and oxygen atoms in total. The van der Waals surface area contributed by atoms with Crippen LogP contribution in [0.3, 0.4) is 0 Å². The summed E-state index contributed by atoms with van der Waals surface area (Å²) in [6, 6.07) is -0.0889. The Morgan fingerprint density at radius 3 is 1.88 bits per heavy atom. The number of aliphatic hydroxyl groups excluding tert-OH is 1. The second kappa shape index (κ2) is 9.79. The first-order chi connectivity index (χ1) is 8.08. The van der Waals surface area contributed by atoms with Crippen molar-refractivity contribution in [2.45, 2.75) is 25.9 Å². The predicted octanol–water partition coefficient (Wildman–Crippen LogP) is -0.0746. The molecule has 0 aromatic carbocycles. The minimum Gasteiger partial charge on any atom is -0.395 e. The van der Waals surface area contributed by atoms with E-state index in [1.807, 2.05) is 0 Å². The number of methoxy groups -OCH3 is 2. The number of hydrogen-bond donors (Lipinski definition) is 2. The van der Waals surface area contributed by atoms with Gasteiger partial charge in [0.25, 0.3) is 0 Å². The maximum atomic E-state index is 9.51. The maximum Gasteiger partial charge on any atom is 0.0602 e. The molecular formula is C12H28N2O3. The van der Waals surface area contributed by atoms with Crippen LogP contribution < -0.4 is 5.73 Å². The van der Waals surface area contributed by atoms with Gasteiger partial charge in [0.05, 0.1) is 19.8 Å². The Hall–Kier alpha value is -0.200. The largest absolute Gasteiger partial charge is 0.395 e. The van der Waals surface area contributed by atoms with E-state index in [1.165, 1.54) is 0 Å². The molecule has 0 amide bonds. The van der Waals surface area contributed by atoms with E-state index in [4.69, 9.17) is 15.2 Å². The first kappa shape index (κ1) is 16.8. The van der Waals surface area contributed by atoms with Gasteiger partial charge in [-0.2, -0.15) is 0 Å². The molecule has 0 saturated heterocycles. The molecule has 5 heteroatoms. The van der Waals surface area contributed by atoms with Crippen molar-refractivity contribution < 1.29 is 14.6 Å². The van der Waals surface area contributed by atoms with Gasteiger partial charge in [-0.15, -0.1) is 0 Å². The second-order valence-electron chi connectivity index (χ2n) is 4.59. The summed E-state index contributed by atoms with van der Waals surface area (Å²) in [6.07, 6.45) is 0. The zero-order chi connectivity index (χ0) is 13.3. The van der Waals surface area contributed by atoms with Crippen molar-refractivity contribution in [1.29, 1.82) is 0 Å². The van der Waals surface area contributed by atoms with Crippen molar-refractivity contribution >= 4 is 0 Å². The van der Waals surface area contributed by atoms with Gasteiger partial charge in [0.15, 0.2) is 0 Å². The molecule has 0 saturated carbocycles. The van der Waals surface area contributed by atoms with Crippen LogP contribution in [0.1, 0.15) is 13.8 Å². The van der Waals surface area contributed by atoms with Crippen molar-refractivity contribution in [2.24, 2.45) is 11.7 Å². The summed E-state index contributed by atoms with van der Waals surface area (Å²) in [7, 11) is 3.34. The topological polar surface area (TPSA) is 68.0 Å². The molecule has 2 unspecified atom stereocenters. The fourth-order valence-corrected chi connectivity index (χ4v) is 1.79. The van der Waals surface area contributed by atoms with Gasteiger partial charge in [-0.3, -0.25) is 4.90 Å². The molecular weight excluding hydrogens is 220 g/mol. The monoisotopic (exact) mass is 248 g/mol. The lowest BCUT2D eigenvalue weighted by atomic mass is 9.96. The zero-order valence-electron chi connectivity index (χ0n) is 11.6. The highest BCUT2D eigenvalue weighted by molar-refractivity contribution is 4.84. The fraction of sp³-hybridized carbons (Fsp3) is 1.00. The normalized spacial score (nSPS) is 15.5. The number of nitrogens with two attached hydrogens (primary N) is 1. The second-order valence-corrected chi connectivity index (χ2v) is 4.59. The molecule has 0 heterocycles. The molecule has 0 rings (SSSR count). The van der Waals surface area contributed by atoms with Crippen molar-refractivity contribution in [3.63, 3.8) is 0 Å². The van der Waals surface area contributed by atoms with E-state index >= 15 is 0 Å². The third-order valence-electron chi connectivity index (χ3n) is 3.04. The molecule has 104 valence electrons. The van der Waals surface area contributed by atoms with E-state index in [2.05, 4.69) is 18.7 Å². The van der Waals surface area contributed by atoms with Gasteiger partial charge in [-0.25, -0.2) is 0 Å². The highest BCUT2D eigenvalue weighted by Gasteiger charge is 2.25. The van der Waals surface area contributed by atoms with Crippen LogP contribution in [0.25, 0.3) is 0 Å². The summed E-state index contributed by atoms with van der Waals surface area (Å²) < 4.78 is 10.2. The SMILES string of the molecule is COCCN(CCOC)C(CO)C(N)C(C)C. The highest BCUT2D eigenvalue weighted by Crippen LogP contribution is 2.10.